The van der Waals surface area contributed by atoms with Crippen LogP contribution in [0.15, 0.2) is 30.5 Å². The van der Waals surface area contributed by atoms with Gasteiger partial charge in [-0.3, -0.25) is 0 Å². The Morgan fingerprint density at radius 3 is 2.50 bits per heavy atom. The minimum Gasteiger partial charge on any atom is -0.368 e. The van der Waals surface area contributed by atoms with E-state index in [0.29, 0.717) is 11.6 Å². The van der Waals surface area contributed by atoms with Crippen LogP contribution in [-0.4, -0.2) is 36.1 Å². The lowest BCUT2D eigenvalue weighted by Gasteiger charge is -2.37. The van der Waals surface area contributed by atoms with Crippen molar-refractivity contribution in [3.8, 4) is 6.07 Å². The van der Waals surface area contributed by atoms with Crippen LogP contribution in [0, 0.1) is 25.2 Å². The summed E-state index contributed by atoms with van der Waals surface area (Å²) in [5, 5.41) is 8.94. The Morgan fingerprint density at radius 2 is 1.77 bits per heavy atom. The molecule has 1 aliphatic rings. The van der Waals surface area contributed by atoms with Crippen LogP contribution in [0.5, 0.6) is 0 Å². The van der Waals surface area contributed by atoms with Gasteiger partial charge in [-0.1, -0.05) is 12.1 Å². The molecule has 0 N–H and O–H groups in total. The van der Waals surface area contributed by atoms with Gasteiger partial charge in [0.25, 0.3) is 0 Å². The van der Waals surface area contributed by atoms with Crippen molar-refractivity contribution in [1.29, 1.82) is 5.26 Å². The molecule has 1 aliphatic heterocycles. The van der Waals surface area contributed by atoms with E-state index in [1.165, 1.54) is 16.8 Å². The first-order chi connectivity index (χ1) is 10.7. The predicted molar refractivity (Wildman–Crippen MR) is 87.1 cm³/mol. The third kappa shape index (κ3) is 2.73. The second kappa shape index (κ2) is 6.02. The zero-order chi connectivity index (χ0) is 15.5. The number of nitrogens with zero attached hydrogens (tertiary/aromatic N) is 5. The lowest BCUT2D eigenvalue weighted by molar-refractivity contribution is 0.638. The van der Waals surface area contributed by atoms with Gasteiger partial charge in [0.05, 0.1) is 0 Å². The zero-order valence-corrected chi connectivity index (χ0v) is 13.0. The molecule has 5 nitrogen and oxygen atoms in total. The van der Waals surface area contributed by atoms with Crippen molar-refractivity contribution in [1.82, 2.24) is 9.97 Å². The molecule has 0 bridgehead atoms. The van der Waals surface area contributed by atoms with Gasteiger partial charge < -0.3 is 9.80 Å². The summed E-state index contributed by atoms with van der Waals surface area (Å²) in [4.78, 5) is 13.1. The van der Waals surface area contributed by atoms with Crippen molar-refractivity contribution in [2.24, 2.45) is 0 Å². The van der Waals surface area contributed by atoms with Gasteiger partial charge >= 0.3 is 0 Å². The van der Waals surface area contributed by atoms with Crippen molar-refractivity contribution in [3.05, 3.63) is 47.3 Å². The van der Waals surface area contributed by atoms with Gasteiger partial charge in [-0.15, -0.1) is 0 Å². The maximum absolute atomic E-state index is 8.94. The van der Waals surface area contributed by atoms with Crippen LogP contribution in [0.1, 0.15) is 16.8 Å². The van der Waals surface area contributed by atoms with Gasteiger partial charge in [-0.2, -0.15) is 5.26 Å². The van der Waals surface area contributed by atoms with Gasteiger partial charge in [0.2, 0.25) is 5.95 Å². The van der Waals surface area contributed by atoms with E-state index < -0.39 is 0 Å². The molecule has 22 heavy (non-hydrogen) atoms. The number of hydrogen-bond acceptors (Lipinski definition) is 5. The van der Waals surface area contributed by atoms with E-state index in [-0.39, 0.29) is 0 Å². The van der Waals surface area contributed by atoms with Gasteiger partial charge in [-0.25, -0.2) is 9.97 Å². The third-order valence-corrected chi connectivity index (χ3v) is 4.24. The first-order valence-corrected chi connectivity index (χ1v) is 7.48. The largest absolute Gasteiger partial charge is 0.368 e. The Kier molecular flexibility index (Phi) is 3.92. The SMILES string of the molecule is Cc1cccc(N2CCN(c3nccc(C#N)n3)CC2)c1C. The molecule has 0 spiro atoms. The standard InChI is InChI=1S/C17H19N5/c1-13-4-3-5-16(14(13)2)21-8-10-22(11-9-21)17-19-7-6-15(12-18)20-17/h3-7H,8-11H2,1-2H3. The highest BCUT2D eigenvalue weighted by molar-refractivity contribution is 5.57. The summed E-state index contributed by atoms with van der Waals surface area (Å²) in [5.74, 6) is 0.652. The highest BCUT2D eigenvalue weighted by Crippen LogP contribution is 2.24. The van der Waals surface area contributed by atoms with Crippen molar-refractivity contribution >= 4 is 11.6 Å². The number of piperazine rings is 1. The predicted octanol–water partition coefficient (Wildman–Crippen LogP) is 2.29. The smallest absolute Gasteiger partial charge is 0.226 e. The summed E-state index contributed by atoms with van der Waals surface area (Å²) in [6, 6.07) is 10.2. The number of nitriles is 1. The Labute approximate surface area is 130 Å². The van der Waals surface area contributed by atoms with Gasteiger partial charge in [0.1, 0.15) is 11.8 Å². The van der Waals surface area contributed by atoms with Crippen molar-refractivity contribution in [2.45, 2.75) is 13.8 Å². The number of hydrogen-bond donors (Lipinski definition) is 0. The summed E-state index contributed by atoms with van der Waals surface area (Å²) in [5.41, 5.74) is 4.40. The Hall–Kier alpha value is -2.61. The number of anilines is 2. The highest BCUT2D eigenvalue weighted by atomic mass is 15.3. The van der Waals surface area contributed by atoms with E-state index in [4.69, 9.17) is 5.26 Å². The van der Waals surface area contributed by atoms with Gasteiger partial charge in [0, 0.05) is 38.1 Å². The number of aryl methyl sites for hydroxylation is 1. The first-order valence-electron chi connectivity index (χ1n) is 7.48. The molecule has 0 radical (unpaired) electrons. The minimum atomic E-state index is 0.418. The molecule has 5 heteroatoms. The molecule has 3 rings (SSSR count). The average molecular weight is 293 g/mol. The Morgan fingerprint density at radius 1 is 1.05 bits per heavy atom. The van der Waals surface area contributed by atoms with E-state index in [9.17, 15) is 0 Å². The fourth-order valence-corrected chi connectivity index (χ4v) is 2.79. The van der Waals surface area contributed by atoms with E-state index in [2.05, 4.69) is 57.9 Å². The van der Waals surface area contributed by atoms with Crippen LogP contribution in [0.3, 0.4) is 0 Å². The summed E-state index contributed by atoms with van der Waals surface area (Å²) in [6.07, 6.45) is 1.65. The molecule has 0 unspecified atom stereocenters. The highest BCUT2D eigenvalue weighted by Gasteiger charge is 2.20. The molecular weight excluding hydrogens is 274 g/mol. The molecule has 112 valence electrons. The third-order valence-electron chi connectivity index (χ3n) is 4.24. The normalized spacial score (nSPS) is 14.8. The summed E-state index contributed by atoms with van der Waals surface area (Å²) < 4.78 is 0. The number of rotatable bonds is 2. The lowest BCUT2D eigenvalue weighted by Crippen LogP contribution is -2.47. The van der Waals surface area contributed by atoms with Crippen molar-refractivity contribution < 1.29 is 0 Å². The first kappa shape index (κ1) is 14.3. The molecule has 0 saturated carbocycles. The molecular formula is C17H19N5. The average Bonchev–Trinajstić information content (AvgIpc) is 2.58. The molecule has 1 aromatic heterocycles. The molecule has 1 fully saturated rings. The van der Waals surface area contributed by atoms with Crippen molar-refractivity contribution in [2.75, 3.05) is 36.0 Å². The molecule has 0 amide bonds. The summed E-state index contributed by atoms with van der Waals surface area (Å²) in [6.45, 7) is 7.92. The maximum Gasteiger partial charge on any atom is 0.226 e. The van der Waals surface area contributed by atoms with E-state index in [1.54, 1.807) is 12.3 Å². The van der Waals surface area contributed by atoms with Gasteiger partial charge in [-0.05, 0) is 37.1 Å². The van der Waals surface area contributed by atoms with E-state index in [1.807, 2.05) is 0 Å². The summed E-state index contributed by atoms with van der Waals surface area (Å²) in [7, 11) is 0. The molecule has 0 aliphatic carbocycles. The molecule has 2 heterocycles. The maximum atomic E-state index is 8.94. The van der Waals surface area contributed by atoms with E-state index in [0.717, 1.165) is 26.2 Å². The second-order valence-corrected chi connectivity index (χ2v) is 5.55. The van der Waals surface area contributed by atoms with Crippen LogP contribution in [0.2, 0.25) is 0 Å². The lowest BCUT2D eigenvalue weighted by atomic mass is 10.1. The van der Waals surface area contributed by atoms with Crippen LogP contribution in [0.25, 0.3) is 0 Å². The molecule has 0 atom stereocenters. The monoisotopic (exact) mass is 293 g/mol. The van der Waals surface area contributed by atoms with Crippen LogP contribution in [0.4, 0.5) is 11.6 Å². The number of aromatic nitrogens is 2. The molecule has 1 aromatic carbocycles. The zero-order valence-electron chi connectivity index (χ0n) is 13.0. The van der Waals surface area contributed by atoms with E-state index >= 15 is 0 Å². The quantitative estimate of drug-likeness (QED) is 0.850. The topological polar surface area (TPSA) is 56.0 Å². The minimum absolute atomic E-state index is 0.418. The summed E-state index contributed by atoms with van der Waals surface area (Å²) >= 11 is 0. The van der Waals surface area contributed by atoms with Crippen LogP contribution < -0.4 is 9.80 Å². The van der Waals surface area contributed by atoms with Crippen molar-refractivity contribution in [3.63, 3.8) is 0 Å². The van der Waals surface area contributed by atoms with Crippen LogP contribution in [-0.2, 0) is 0 Å². The Balaban J connectivity index is 1.72. The Bertz CT molecular complexity index is 711. The second-order valence-electron chi connectivity index (χ2n) is 5.55. The van der Waals surface area contributed by atoms with Crippen LogP contribution >= 0.6 is 0 Å². The fraction of sp³-hybridized carbons (Fsp3) is 0.353. The fourth-order valence-electron chi connectivity index (χ4n) is 2.79. The molecule has 2 aromatic rings. The van der Waals surface area contributed by atoms with Gasteiger partial charge in [0.15, 0.2) is 0 Å². The number of benzene rings is 1. The molecule has 1 saturated heterocycles.